The summed E-state index contributed by atoms with van der Waals surface area (Å²) >= 11 is 1.50. The van der Waals surface area contributed by atoms with Crippen LogP contribution in [0.25, 0.3) is 27.7 Å². The second-order valence-electron chi connectivity index (χ2n) is 6.98. The number of nitrogens with one attached hydrogen (secondary N) is 1. The zero-order chi connectivity index (χ0) is 22.1. The first-order chi connectivity index (χ1) is 15.7. The Morgan fingerprint density at radius 1 is 0.906 bits per heavy atom. The maximum Gasteiger partial charge on any atom is 0.235 e. The van der Waals surface area contributed by atoms with E-state index in [1.165, 1.54) is 11.3 Å². The molecule has 9 nitrogen and oxygen atoms in total. The van der Waals surface area contributed by atoms with Crippen LogP contribution in [0.2, 0.25) is 0 Å². The SMILES string of the molecule is COc1ccc(-c2cc(-c3nnc4sc(Cc5ccc(OC)c(OC)c5)nn34)[nH]n2)cc1. The smallest absolute Gasteiger partial charge is 0.235 e. The normalized spacial score (nSPS) is 11.1. The van der Waals surface area contributed by atoms with Gasteiger partial charge in [0.2, 0.25) is 10.8 Å². The van der Waals surface area contributed by atoms with Crippen molar-refractivity contribution in [1.82, 2.24) is 30.0 Å². The monoisotopic (exact) mass is 448 g/mol. The highest BCUT2D eigenvalue weighted by Gasteiger charge is 2.17. The zero-order valence-electron chi connectivity index (χ0n) is 17.7. The van der Waals surface area contributed by atoms with Crippen molar-refractivity contribution in [3.63, 3.8) is 0 Å². The molecule has 0 amide bonds. The summed E-state index contributed by atoms with van der Waals surface area (Å²) in [4.78, 5) is 0.719. The first-order valence-electron chi connectivity index (χ1n) is 9.80. The van der Waals surface area contributed by atoms with Crippen LogP contribution in [0.1, 0.15) is 10.6 Å². The maximum atomic E-state index is 5.40. The summed E-state index contributed by atoms with van der Waals surface area (Å²) in [7, 11) is 4.89. The van der Waals surface area contributed by atoms with Crippen molar-refractivity contribution >= 4 is 16.3 Å². The van der Waals surface area contributed by atoms with Crippen molar-refractivity contribution < 1.29 is 14.2 Å². The Hall–Kier alpha value is -3.92. The van der Waals surface area contributed by atoms with E-state index in [0.29, 0.717) is 23.7 Å². The highest BCUT2D eigenvalue weighted by Crippen LogP contribution is 2.30. The van der Waals surface area contributed by atoms with Crippen molar-refractivity contribution in [3.05, 3.63) is 59.1 Å². The molecule has 1 N–H and O–H groups in total. The molecular weight excluding hydrogens is 428 g/mol. The molecule has 0 fully saturated rings. The van der Waals surface area contributed by atoms with Gasteiger partial charge in [-0.25, -0.2) is 0 Å². The Morgan fingerprint density at radius 2 is 1.72 bits per heavy atom. The van der Waals surface area contributed by atoms with E-state index in [9.17, 15) is 0 Å². The average molecular weight is 449 g/mol. The van der Waals surface area contributed by atoms with Crippen LogP contribution in [-0.2, 0) is 6.42 Å². The van der Waals surface area contributed by atoms with Gasteiger partial charge in [-0.1, -0.05) is 17.4 Å². The van der Waals surface area contributed by atoms with Crippen LogP contribution in [0.4, 0.5) is 0 Å². The summed E-state index contributed by atoms with van der Waals surface area (Å²) in [6.07, 6.45) is 0.647. The van der Waals surface area contributed by atoms with E-state index in [1.807, 2.05) is 48.5 Å². The van der Waals surface area contributed by atoms with E-state index in [-0.39, 0.29) is 0 Å². The molecule has 0 atom stereocenters. The second-order valence-corrected chi connectivity index (χ2v) is 8.02. The number of hydrogen-bond acceptors (Lipinski definition) is 8. The van der Waals surface area contributed by atoms with Crippen molar-refractivity contribution in [2.45, 2.75) is 6.42 Å². The van der Waals surface area contributed by atoms with E-state index in [2.05, 4.69) is 20.4 Å². The molecule has 3 heterocycles. The highest BCUT2D eigenvalue weighted by atomic mass is 32.1. The number of aromatic amines is 1. The topological polar surface area (TPSA) is 99.5 Å². The molecule has 0 unspecified atom stereocenters. The van der Waals surface area contributed by atoms with Gasteiger partial charge < -0.3 is 14.2 Å². The van der Waals surface area contributed by atoms with Crippen LogP contribution >= 0.6 is 11.3 Å². The van der Waals surface area contributed by atoms with Crippen molar-refractivity contribution in [2.24, 2.45) is 0 Å². The summed E-state index contributed by atoms with van der Waals surface area (Å²) in [6.45, 7) is 0. The van der Waals surface area contributed by atoms with Crippen LogP contribution in [0, 0.1) is 0 Å². The summed E-state index contributed by atoms with van der Waals surface area (Å²) in [5, 5.41) is 21.7. The van der Waals surface area contributed by atoms with Crippen molar-refractivity contribution in [2.75, 3.05) is 21.3 Å². The van der Waals surface area contributed by atoms with Crippen molar-refractivity contribution in [1.29, 1.82) is 0 Å². The Bertz CT molecular complexity index is 1370. The van der Waals surface area contributed by atoms with E-state index in [1.54, 1.807) is 25.8 Å². The van der Waals surface area contributed by atoms with E-state index >= 15 is 0 Å². The predicted molar refractivity (Wildman–Crippen MR) is 121 cm³/mol. The molecule has 2 aromatic carbocycles. The Morgan fingerprint density at radius 3 is 2.47 bits per heavy atom. The number of rotatable bonds is 7. The number of nitrogens with zero attached hydrogens (tertiary/aromatic N) is 5. The minimum absolute atomic E-state index is 0.613. The molecule has 5 rings (SSSR count). The molecule has 5 aromatic rings. The highest BCUT2D eigenvalue weighted by molar-refractivity contribution is 7.16. The van der Waals surface area contributed by atoms with Crippen LogP contribution in [0.5, 0.6) is 17.2 Å². The predicted octanol–water partition coefficient (Wildman–Crippen LogP) is 3.86. The fourth-order valence-electron chi connectivity index (χ4n) is 3.41. The van der Waals surface area contributed by atoms with Gasteiger partial charge in [-0.15, -0.1) is 10.2 Å². The molecule has 0 saturated heterocycles. The number of H-pyrrole nitrogens is 1. The fraction of sp³-hybridized carbons (Fsp3) is 0.182. The Kier molecular flexibility index (Phi) is 5.20. The van der Waals surface area contributed by atoms with Gasteiger partial charge in [-0.05, 0) is 48.0 Å². The van der Waals surface area contributed by atoms with Crippen LogP contribution in [-0.4, -0.2) is 51.3 Å². The molecule has 0 spiro atoms. The van der Waals surface area contributed by atoms with Crippen molar-refractivity contribution in [3.8, 4) is 40.0 Å². The third-order valence-electron chi connectivity index (χ3n) is 5.04. The molecule has 0 aliphatic heterocycles. The first kappa shape index (κ1) is 20.0. The minimum atomic E-state index is 0.613. The Labute approximate surface area is 187 Å². The molecule has 0 radical (unpaired) electrons. The van der Waals surface area contributed by atoms with E-state index < -0.39 is 0 Å². The summed E-state index contributed by atoms with van der Waals surface area (Å²) < 4.78 is 17.7. The number of methoxy groups -OCH3 is 3. The number of benzene rings is 2. The van der Waals surface area contributed by atoms with E-state index in [4.69, 9.17) is 19.3 Å². The summed E-state index contributed by atoms with van der Waals surface area (Å²) in [5.41, 5.74) is 3.59. The lowest BCUT2D eigenvalue weighted by Gasteiger charge is -2.08. The third kappa shape index (κ3) is 3.65. The minimum Gasteiger partial charge on any atom is -0.497 e. The first-order valence-corrected chi connectivity index (χ1v) is 10.6. The number of aromatic nitrogens is 6. The molecular formula is C22H20N6O3S. The van der Waals surface area contributed by atoms with Gasteiger partial charge in [0.25, 0.3) is 0 Å². The zero-order valence-corrected chi connectivity index (χ0v) is 18.5. The van der Waals surface area contributed by atoms with Gasteiger partial charge >= 0.3 is 0 Å². The molecule has 0 aliphatic rings. The quantitative estimate of drug-likeness (QED) is 0.404. The van der Waals surface area contributed by atoms with Crippen LogP contribution < -0.4 is 14.2 Å². The fourth-order valence-corrected chi connectivity index (χ4v) is 4.27. The van der Waals surface area contributed by atoms with Gasteiger partial charge in [0.15, 0.2) is 11.5 Å². The number of fused-ring (bicyclic) bond motifs is 1. The van der Waals surface area contributed by atoms with Gasteiger partial charge in [0, 0.05) is 12.0 Å². The average Bonchev–Trinajstić information content (AvgIpc) is 3.55. The summed E-state index contributed by atoms with van der Waals surface area (Å²) in [6, 6.07) is 15.5. The van der Waals surface area contributed by atoms with Gasteiger partial charge in [-0.3, -0.25) is 5.10 Å². The van der Waals surface area contributed by atoms with E-state index in [0.717, 1.165) is 38.2 Å². The van der Waals surface area contributed by atoms with Crippen LogP contribution in [0.15, 0.2) is 48.5 Å². The molecule has 0 aliphatic carbocycles. The lowest BCUT2D eigenvalue weighted by molar-refractivity contribution is 0.354. The lowest BCUT2D eigenvalue weighted by atomic mass is 10.1. The largest absolute Gasteiger partial charge is 0.497 e. The molecule has 162 valence electrons. The lowest BCUT2D eigenvalue weighted by Crippen LogP contribution is -1.95. The molecule has 0 bridgehead atoms. The summed E-state index contributed by atoms with van der Waals surface area (Å²) in [5.74, 6) is 2.80. The second kappa shape index (κ2) is 8.31. The van der Waals surface area contributed by atoms with Gasteiger partial charge in [0.1, 0.15) is 16.5 Å². The molecule has 0 saturated carbocycles. The Balaban J connectivity index is 1.42. The molecule has 3 aromatic heterocycles. The van der Waals surface area contributed by atoms with Crippen LogP contribution in [0.3, 0.4) is 0 Å². The molecule has 32 heavy (non-hydrogen) atoms. The number of ether oxygens (including phenoxy) is 3. The third-order valence-corrected chi connectivity index (χ3v) is 5.94. The molecule has 10 heteroatoms. The standard InChI is InChI=1S/C22H20N6O3S/c1-29-15-7-5-14(6-8-15)16-12-17(24-23-16)21-25-26-22-28(21)27-20(32-22)11-13-4-9-18(30-2)19(10-13)31-3/h4-10,12H,11H2,1-3H3,(H,23,24). The van der Waals surface area contributed by atoms with Gasteiger partial charge in [-0.2, -0.15) is 14.7 Å². The number of hydrogen-bond donors (Lipinski definition) is 1. The maximum absolute atomic E-state index is 5.40. The van der Waals surface area contributed by atoms with Gasteiger partial charge in [0.05, 0.1) is 27.0 Å².